The van der Waals surface area contributed by atoms with Crippen LogP contribution in [0.15, 0.2) is 49.1 Å². The second kappa shape index (κ2) is 7.31. The van der Waals surface area contributed by atoms with Crippen LogP contribution in [0.5, 0.6) is 0 Å². The van der Waals surface area contributed by atoms with E-state index in [0.29, 0.717) is 6.04 Å². The predicted molar refractivity (Wildman–Crippen MR) is 111 cm³/mol. The van der Waals surface area contributed by atoms with Crippen LogP contribution in [-0.4, -0.2) is 48.4 Å². The zero-order chi connectivity index (χ0) is 19.8. The Bertz CT molecular complexity index is 1160. The average molecular weight is 389 g/mol. The smallest absolute Gasteiger partial charge is 0.137 e. The fourth-order valence-electron chi connectivity index (χ4n) is 3.85. The molecular formula is C21H23N7O. The van der Waals surface area contributed by atoms with Crippen LogP contribution in [0.2, 0.25) is 0 Å². The lowest BCUT2D eigenvalue weighted by Crippen LogP contribution is -2.22. The van der Waals surface area contributed by atoms with Crippen molar-refractivity contribution in [1.82, 2.24) is 29.5 Å². The van der Waals surface area contributed by atoms with Crippen molar-refractivity contribution in [3.8, 4) is 22.5 Å². The highest BCUT2D eigenvalue weighted by molar-refractivity contribution is 5.71. The van der Waals surface area contributed by atoms with Gasteiger partial charge in [0.25, 0.3) is 0 Å². The van der Waals surface area contributed by atoms with Crippen LogP contribution in [0.1, 0.15) is 12.0 Å². The molecule has 0 amide bonds. The molecule has 4 aromatic rings. The van der Waals surface area contributed by atoms with E-state index >= 15 is 0 Å². The van der Waals surface area contributed by atoms with Crippen molar-refractivity contribution in [2.24, 2.45) is 7.05 Å². The molecule has 0 bridgehead atoms. The number of anilines is 1. The summed E-state index contributed by atoms with van der Waals surface area (Å²) in [4.78, 5) is 9.35. The summed E-state index contributed by atoms with van der Waals surface area (Å²) in [7, 11) is 1.88. The van der Waals surface area contributed by atoms with E-state index < -0.39 is 0 Å². The molecule has 0 unspecified atom stereocenters. The molecule has 29 heavy (non-hydrogen) atoms. The average Bonchev–Trinajstić information content (AvgIpc) is 3.48. The van der Waals surface area contributed by atoms with E-state index in [1.807, 2.05) is 54.3 Å². The highest BCUT2D eigenvalue weighted by Crippen LogP contribution is 2.28. The van der Waals surface area contributed by atoms with Gasteiger partial charge in [-0.2, -0.15) is 5.10 Å². The van der Waals surface area contributed by atoms with Crippen molar-refractivity contribution in [1.29, 1.82) is 0 Å². The topological polar surface area (TPSA) is 92.3 Å². The maximum absolute atomic E-state index is 9.85. The van der Waals surface area contributed by atoms with Gasteiger partial charge in [0.2, 0.25) is 0 Å². The molecule has 1 aliphatic rings. The van der Waals surface area contributed by atoms with Gasteiger partial charge in [-0.1, -0.05) is 6.07 Å². The molecule has 3 N–H and O–H groups in total. The highest BCUT2D eigenvalue weighted by Gasteiger charge is 2.16. The van der Waals surface area contributed by atoms with Crippen LogP contribution in [0.4, 0.5) is 5.82 Å². The lowest BCUT2D eigenvalue weighted by Gasteiger charge is -2.13. The van der Waals surface area contributed by atoms with Crippen molar-refractivity contribution >= 4 is 11.5 Å². The predicted octanol–water partition coefficient (Wildman–Crippen LogP) is 2.06. The molecule has 8 heteroatoms. The molecule has 1 atom stereocenters. The molecule has 1 fully saturated rings. The summed E-state index contributed by atoms with van der Waals surface area (Å²) < 4.78 is 3.77. The number of aliphatic hydroxyl groups is 1. The molecule has 8 nitrogen and oxygen atoms in total. The first-order chi connectivity index (χ1) is 14.2. The largest absolute Gasteiger partial charge is 0.392 e. The van der Waals surface area contributed by atoms with E-state index in [-0.39, 0.29) is 6.61 Å². The number of rotatable bonds is 5. The van der Waals surface area contributed by atoms with Gasteiger partial charge in [0.1, 0.15) is 11.5 Å². The monoisotopic (exact) mass is 389 g/mol. The van der Waals surface area contributed by atoms with Gasteiger partial charge >= 0.3 is 0 Å². The van der Waals surface area contributed by atoms with Crippen LogP contribution in [-0.2, 0) is 13.7 Å². The van der Waals surface area contributed by atoms with Crippen molar-refractivity contribution in [2.45, 2.75) is 19.1 Å². The van der Waals surface area contributed by atoms with Gasteiger partial charge in [-0.05, 0) is 36.7 Å². The summed E-state index contributed by atoms with van der Waals surface area (Å²) in [6.07, 6.45) is 8.67. The molecule has 4 aromatic heterocycles. The summed E-state index contributed by atoms with van der Waals surface area (Å²) in [5.41, 5.74) is 5.23. The molecular weight excluding hydrogens is 366 g/mol. The number of nitrogens with zero attached hydrogens (tertiary/aromatic N) is 5. The summed E-state index contributed by atoms with van der Waals surface area (Å²) in [5.74, 6) is 0.866. The Labute approximate surface area is 168 Å². The van der Waals surface area contributed by atoms with Gasteiger partial charge in [-0.15, -0.1) is 0 Å². The lowest BCUT2D eigenvalue weighted by molar-refractivity contribution is 0.282. The molecule has 5 heterocycles. The van der Waals surface area contributed by atoms with Gasteiger partial charge in [-0.3, -0.25) is 9.08 Å². The van der Waals surface area contributed by atoms with E-state index in [0.717, 1.165) is 59.1 Å². The number of aryl methyl sites for hydroxylation is 1. The Morgan fingerprint density at radius 3 is 2.97 bits per heavy atom. The van der Waals surface area contributed by atoms with Crippen molar-refractivity contribution in [3.05, 3.63) is 54.6 Å². The Morgan fingerprint density at radius 1 is 1.28 bits per heavy atom. The number of hydrogen-bond acceptors (Lipinski definition) is 6. The van der Waals surface area contributed by atoms with E-state index in [4.69, 9.17) is 4.98 Å². The number of nitrogens with one attached hydrogen (secondary N) is 2. The van der Waals surface area contributed by atoms with E-state index in [9.17, 15) is 5.11 Å². The fraction of sp³-hybridized carbons (Fsp3) is 0.286. The number of hydrogen-bond donors (Lipinski definition) is 3. The lowest BCUT2D eigenvalue weighted by atomic mass is 10.1. The van der Waals surface area contributed by atoms with Gasteiger partial charge in [-0.25, -0.2) is 9.97 Å². The minimum absolute atomic E-state index is 0.0595. The summed E-state index contributed by atoms with van der Waals surface area (Å²) in [6.45, 7) is 1.94. The van der Waals surface area contributed by atoms with Crippen LogP contribution in [0, 0.1) is 0 Å². The van der Waals surface area contributed by atoms with Crippen LogP contribution < -0.4 is 10.6 Å². The Hall–Kier alpha value is -3.23. The zero-order valence-corrected chi connectivity index (χ0v) is 16.2. The first kappa shape index (κ1) is 17.8. The van der Waals surface area contributed by atoms with E-state index in [1.165, 1.54) is 0 Å². The Morgan fingerprint density at radius 2 is 2.21 bits per heavy atom. The second-order valence-corrected chi connectivity index (χ2v) is 7.39. The molecule has 0 aromatic carbocycles. The SMILES string of the molecule is Cn1cc(-c2cn3c(-c4cccc(N[C@@H]5CCNC5)n4)cnc3cc2CO)cn1. The third kappa shape index (κ3) is 3.37. The molecule has 1 saturated heterocycles. The number of pyridine rings is 2. The third-order valence-electron chi connectivity index (χ3n) is 5.34. The molecule has 148 valence electrons. The minimum atomic E-state index is -0.0595. The normalized spacial score (nSPS) is 16.6. The zero-order valence-electron chi connectivity index (χ0n) is 16.2. The first-order valence-electron chi connectivity index (χ1n) is 9.76. The standard InChI is InChI=1S/C21H23N7O/c1-27-11-15(8-24-27)17-12-28-19(10-23-21(28)7-14(17)13-29)18-3-2-4-20(26-18)25-16-5-6-22-9-16/h2-4,7-8,10-12,16,22,29H,5-6,9,13H2,1H3,(H,25,26)/t16-/m1/s1. The molecule has 0 saturated carbocycles. The maximum atomic E-state index is 9.85. The quantitative estimate of drug-likeness (QED) is 0.484. The summed E-state index contributed by atoms with van der Waals surface area (Å²) in [5, 5.41) is 21.0. The van der Waals surface area contributed by atoms with Crippen molar-refractivity contribution in [3.63, 3.8) is 0 Å². The molecule has 0 radical (unpaired) electrons. The third-order valence-corrected chi connectivity index (χ3v) is 5.34. The van der Waals surface area contributed by atoms with Gasteiger partial charge < -0.3 is 15.7 Å². The van der Waals surface area contributed by atoms with E-state index in [1.54, 1.807) is 10.9 Å². The van der Waals surface area contributed by atoms with Crippen LogP contribution in [0.3, 0.4) is 0 Å². The molecule has 5 rings (SSSR count). The second-order valence-electron chi connectivity index (χ2n) is 7.39. The minimum Gasteiger partial charge on any atom is -0.392 e. The molecule has 0 spiro atoms. The summed E-state index contributed by atoms with van der Waals surface area (Å²) in [6, 6.07) is 8.32. The summed E-state index contributed by atoms with van der Waals surface area (Å²) >= 11 is 0. The number of aliphatic hydroxyl groups excluding tert-OH is 1. The maximum Gasteiger partial charge on any atom is 0.137 e. The Kier molecular flexibility index (Phi) is 4.49. The Balaban J connectivity index is 1.57. The first-order valence-corrected chi connectivity index (χ1v) is 9.76. The van der Waals surface area contributed by atoms with Gasteiger partial charge in [0.15, 0.2) is 0 Å². The van der Waals surface area contributed by atoms with Crippen LogP contribution >= 0.6 is 0 Å². The fourth-order valence-corrected chi connectivity index (χ4v) is 3.85. The number of fused-ring (bicyclic) bond motifs is 1. The van der Waals surface area contributed by atoms with Crippen LogP contribution in [0.25, 0.3) is 28.2 Å². The van der Waals surface area contributed by atoms with E-state index in [2.05, 4.69) is 20.7 Å². The molecule has 1 aliphatic heterocycles. The van der Waals surface area contributed by atoms with Crippen molar-refractivity contribution in [2.75, 3.05) is 18.4 Å². The van der Waals surface area contributed by atoms with Gasteiger partial charge in [0, 0.05) is 43.2 Å². The highest BCUT2D eigenvalue weighted by atomic mass is 16.3. The number of aromatic nitrogens is 5. The molecule has 0 aliphatic carbocycles. The van der Waals surface area contributed by atoms with Crippen molar-refractivity contribution < 1.29 is 5.11 Å². The van der Waals surface area contributed by atoms with Gasteiger partial charge in [0.05, 0.1) is 30.4 Å². The number of imidazole rings is 1.